The summed E-state index contributed by atoms with van der Waals surface area (Å²) >= 11 is 0. The maximum atomic E-state index is 13.5. The summed E-state index contributed by atoms with van der Waals surface area (Å²) in [5.74, 6) is -6.81. The standard InChI is InChI=1S/C8H13F3O2/c1-6(2,3)7(4,9)8(10,11)5(12)13/h1-4H3,(H,12,13). The summed E-state index contributed by atoms with van der Waals surface area (Å²) in [6, 6.07) is 0. The number of rotatable bonds is 2. The lowest BCUT2D eigenvalue weighted by Crippen LogP contribution is -2.55. The second-order valence-electron chi connectivity index (χ2n) is 4.13. The van der Waals surface area contributed by atoms with Crippen LogP contribution in [0.2, 0.25) is 0 Å². The maximum absolute atomic E-state index is 13.5. The Morgan fingerprint density at radius 3 is 1.46 bits per heavy atom. The second kappa shape index (κ2) is 2.89. The Labute approximate surface area is 74.7 Å². The molecule has 0 saturated carbocycles. The molecule has 0 bridgehead atoms. The Kier molecular flexibility index (Phi) is 2.72. The molecule has 0 aromatic carbocycles. The minimum absolute atomic E-state index is 0.598. The molecule has 0 aliphatic carbocycles. The highest BCUT2D eigenvalue weighted by Gasteiger charge is 2.63. The van der Waals surface area contributed by atoms with E-state index in [9.17, 15) is 18.0 Å². The first kappa shape index (κ1) is 12.3. The van der Waals surface area contributed by atoms with Crippen LogP contribution in [0.5, 0.6) is 0 Å². The van der Waals surface area contributed by atoms with Crippen LogP contribution in [0.25, 0.3) is 0 Å². The molecule has 78 valence electrons. The monoisotopic (exact) mass is 198 g/mol. The largest absolute Gasteiger partial charge is 0.477 e. The number of carboxylic acid groups (broad SMARTS) is 1. The molecule has 5 heteroatoms. The van der Waals surface area contributed by atoms with Crippen molar-refractivity contribution in [2.24, 2.45) is 5.41 Å². The number of hydrogen-bond acceptors (Lipinski definition) is 1. The van der Waals surface area contributed by atoms with Crippen LogP contribution in [0.4, 0.5) is 13.2 Å². The van der Waals surface area contributed by atoms with Crippen molar-refractivity contribution in [2.45, 2.75) is 39.3 Å². The summed E-state index contributed by atoms with van der Waals surface area (Å²) in [5.41, 5.74) is -4.51. The molecule has 0 spiro atoms. The van der Waals surface area contributed by atoms with E-state index in [-0.39, 0.29) is 0 Å². The minimum atomic E-state index is -4.37. The number of carboxylic acids is 1. The van der Waals surface area contributed by atoms with E-state index in [1.165, 1.54) is 20.8 Å². The van der Waals surface area contributed by atoms with Crippen LogP contribution in [-0.4, -0.2) is 22.7 Å². The minimum Gasteiger partial charge on any atom is -0.477 e. The zero-order chi connectivity index (χ0) is 11.1. The van der Waals surface area contributed by atoms with E-state index in [0.717, 1.165) is 0 Å². The Morgan fingerprint density at radius 2 is 1.38 bits per heavy atom. The zero-order valence-corrected chi connectivity index (χ0v) is 7.99. The van der Waals surface area contributed by atoms with Crippen LogP contribution < -0.4 is 0 Å². The molecule has 0 heterocycles. The average Bonchev–Trinajstić information content (AvgIpc) is 1.84. The fourth-order valence-corrected chi connectivity index (χ4v) is 0.672. The molecule has 0 aromatic heterocycles. The Balaban J connectivity index is 5.16. The van der Waals surface area contributed by atoms with Crippen LogP contribution in [0, 0.1) is 5.41 Å². The zero-order valence-electron chi connectivity index (χ0n) is 7.99. The van der Waals surface area contributed by atoms with Crippen molar-refractivity contribution in [3.8, 4) is 0 Å². The van der Waals surface area contributed by atoms with Gasteiger partial charge in [0.05, 0.1) is 0 Å². The van der Waals surface area contributed by atoms with Gasteiger partial charge in [-0.3, -0.25) is 0 Å². The van der Waals surface area contributed by atoms with Gasteiger partial charge in [-0.25, -0.2) is 9.18 Å². The maximum Gasteiger partial charge on any atom is 0.378 e. The first-order chi connectivity index (χ1) is 5.44. The Bertz CT molecular complexity index is 216. The van der Waals surface area contributed by atoms with Gasteiger partial charge in [0.2, 0.25) is 0 Å². The molecule has 1 N–H and O–H groups in total. The lowest BCUT2D eigenvalue weighted by Gasteiger charge is -2.37. The van der Waals surface area contributed by atoms with Crippen LogP contribution in [0.1, 0.15) is 27.7 Å². The molecule has 0 saturated heterocycles. The Hall–Kier alpha value is -0.740. The summed E-state index contributed by atoms with van der Waals surface area (Å²) in [6.07, 6.45) is 0. The highest BCUT2D eigenvalue weighted by Crippen LogP contribution is 2.45. The van der Waals surface area contributed by atoms with Crippen LogP contribution in [0.3, 0.4) is 0 Å². The number of halogens is 3. The molecule has 0 fully saturated rings. The topological polar surface area (TPSA) is 37.3 Å². The molecule has 1 unspecified atom stereocenters. The fourth-order valence-electron chi connectivity index (χ4n) is 0.672. The van der Waals surface area contributed by atoms with Gasteiger partial charge in [-0.2, -0.15) is 8.78 Å². The van der Waals surface area contributed by atoms with Gasteiger partial charge in [0.1, 0.15) is 0 Å². The first-order valence-electron chi connectivity index (χ1n) is 3.74. The Morgan fingerprint density at radius 1 is 1.08 bits per heavy atom. The van der Waals surface area contributed by atoms with E-state index in [1.54, 1.807) is 0 Å². The van der Waals surface area contributed by atoms with Gasteiger partial charge in [-0.1, -0.05) is 20.8 Å². The van der Waals surface area contributed by atoms with Crippen molar-refractivity contribution in [3.05, 3.63) is 0 Å². The van der Waals surface area contributed by atoms with E-state index in [1.807, 2.05) is 0 Å². The lowest BCUT2D eigenvalue weighted by molar-refractivity contribution is -0.206. The number of aliphatic carboxylic acids is 1. The molecule has 0 aromatic rings. The summed E-state index contributed by atoms with van der Waals surface area (Å²) in [5, 5.41) is 8.15. The molecular weight excluding hydrogens is 185 g/mol. The van der Waals surface area contributed by atoms with E-state index < -0.39 is 23.0 Å². The third kappa shape index (κ3) is 1.78. The molecular formula is C8H13F3O2. The van der Waals surface area contributed by atoms with Crippen molar-refractivity contribution in [1.82, 2.24) is 0 Å². The second-order valence-corrected chi connectivity index (χ2v) is 4.13. The number of alkyl halides is 3. The van der Waals surface area contributed by atoms with Crippen molar-refractivity contribution in [1.29, 1.82) is 0 Å². The lowest BCUT2D eigenvalue weighted by atomic mass is 9.75. The third-order valence-corrected chi connectivity index (χ3v) is 2.27. The van der Waals surface area contributed by atoms with Crippen LogP contribution >= 0.6 is 0 Å². The van der Waals surface area contributed by atoms with E-state index in [2.05, 4.69) is 0 Å². The summed E-state index contributed by atoms with van der Waals surface area (Å²) < 4.78 is 39.2. The van der Waals surface area contributed by atoms with Crippen molar-refractivity contribution >= 4 is 5.97 Å². The van der Waals surface area contributed by atoms with Crippen molar-refractivity contribution in [2.75, 3.05) is 0 Å². The average molecular weight is 198 g/mol. The van der Waals surface area contributed by atoms with Gasteiger partial charge in [-0.15, -0.1) is 0 Å². The predicted molar refractivity (Wildman–Crippen MR) is 41.6 cm³/mol. The van der Waals surface area contributed by atoms with E-state index >= 15 is 0 Å². The van der Waals surface area contributed by atoms with E-state index in [0.29, 0.717) is 6.92 Å². The molecule has 0 aliphatic heterocycles. The molecule has 0 rings (SSSR count). The van der Waals surface area contributed by atoms with Gasteiger partial charge >= 0.3 is 11.9 Å². The van der Waals surface area contributed by atoms with E-state index in [4.69, 9.17) is 5.11 Å². The molecule has 1 atom stereocenters. The van der Waals surface area contributed by atoms with Gasteiger partial charge in [0, 0.05) is 5.41 Å². The quantitative estimate of drug-likeness (QED) is 0.740. The summed E-state index contributed by atoms with van der Waals surface area (Å²) in [7, 11) is 0. The van der Waals surface area contributed by atoms with Gasteiger partial charge < -0.3 is 5.11 Å². The van der Waals surface area contributed by atoms with Gasteiger partial charge in [0.25, 0.3) is 0 Å². The van der Waals surface area contributed by atoms with Gasteiger partial charge in [-0.05, 0) is 6.92 Å². The fraction of sp³-hybridized carbons (Fsp3) is 0.875. The third-order valence-electron chi connectivity index (χ3n) is 2.27. The van der Waals surface area contributed by atoms with Crippen molar-refractivity contribution in [3.63, 3.8) is 0 Å². The highest BCUT2D eigenvalue weighted by atomic mass is 19.3. The van der Waals surface area contributed by atoms with Crippen LogP contribution in [0.15, 0.2) is 0 Å². The number of hydrogen-bond donors (Lipinski definition) is 1. The normalized spacial score (nSPS) is 18.1. The summed E-state index contributed by atoms with van der Waals surface area (Å²) in [4.78, 5) is 10.1. The highest BCUT2D eigenvalue weighted by molar-refractivity contribution is 5.77. The molecule has 2 nitrogen and oxygen atoms in total. The molecule has 0 amide bonds. The molecule has 13 heavy (non-hydrogen) atoms. The summed E-state index contributed by atoms with van der Waals surface area (Å²) in [6.45, 7) is 4.28. The molecule has 0 radical (unpaired) electrons. The van der Waals surface area contributed by atoms with Gasteiger partial charge in [0.15, 0.2) is 5.67 Å². The smallest absolute Gasteiger partial charge is 0.378 e. The predicted octanol–water partition coefficient (Wildman–Crippen LogP) is 2.48. The first-order valence-corrected chi connectivity index (χ1v) is 3.74. The number of carbonyl (C=O) groups is 1. The SMILES string of the molecule is CC(C)(C)C(C)(F)C(F)(F)C(=O)O. The van der Waals surface area contributed by atoms with Crippen LogP contribution in [-0.2, 0) is 4.79 Å². The van der Waals surface area contributed by atoms with Crippen molar-refractivity contribution < 1.29 is 23.1 Å². The molecule has 0 aliphatic rings.